The Bertz CT molecular complexity index is 318. The molecule has 0 N–H and O–H groups in total. The van der Waals surface area contributed by atoms with Gasteiger partial charge in [0.25, 0.3) is 0 Å². The minimum atomic E-state index is 1.10. The van der Waals surface area contributed by atoms with E-state index in [9.17, 15) is 0 Å². The molecule has 0 amide bonds. The number of thiazole rings is 1. The van der Waals surface area contributed by atoms with E-state index in [0.29, 0.717) is 0 Å². The first-order chi connectivity index (χ1) is 5.47. The Morgan fingerprint density at radius 3 is 2.64 bits per heavy atom. The molecule has 2 rings (SSSR count). The summed E-state index contributed by atoms with van der Waals surface area (Å²) in [5, 5.41) is 0. The molecule has 0 saturated carbocycles. The quantitative estimate of drug-likeness (QED) is 0.541. The zero-order valence-electron chi connectivity index (χ0n) is 5.90. The van der Waals surface area contributed by atoms with E-state index in [4.69, 9.17) is 0 Å². The van der Waals surface area contributed by atoms with E-state index >= 15 is 0 Å². The molecule has 0 radical (unpaired) electrons. The molecule has 0 aliphatic rings. The number of rotatable bonds is 0. The molecule has 2 heteroatoms. The van der Waals surface area contributed by atoms with Crippen molar-refractivity contribution in [2.24, 2.45) is 0 Å². The van der Waals surface area contributed by atoms with E-state index in [-0.39, 0.29) is 0 Å². The van der Waals surface area contributed by atoms with Crippen molar-refractivity contribution >= 4 is 21.6 Å². The van der Waals surface area contributed by atoms with Crippen molar-refractivity contribution in [3.05, 3.63) is 29.8 Å². The molecule has 0 saturated heterocycles. The highest BCUT2D eigenvalue weighted by molar-refractivity contribution is 7.16. The number of terminal acetylenes is 1. The normalized spacial score (nSPS) is 8.55. The molecular weight excluding hydrogens is 154 g/mol. The van der Waals surface area contributed by atoms with Crippen LogP contribution in [0.1, 0.15) is 0 Å². The smallest absolute Gasteiger partial charge is 0.0812 e. The summed E-state index contributed by atoms with van der Waals surface area (Å²) in [6.45, 7) is 0. The Balaban J connectivity index is 0.000000281. The van der Waals surface area contributed by atoms with Crippen LogP contribution in [0.3, 0.4) is 0 Å². The maximum Gasteiger partial charge on any atom is 0.0812 e. The Labute approximate surface area is 69.7 Å². The Hall–Kier alpha value is -1.33. The van der Waals surface area contributed by atoms with Crippen LogP contribution in [0.4, 0.5) is 0 Å². The van der Waals surface area contributed by atoms with E-state index in [2.05, 4.69) is 23.9 Å². The van der Waals surface area contributed by atoms with E-state index in [1.54, 1.807) is 11.3 Å². The SMILES string of the molecule is C#C.c1ccc2scnc2c1. The van der Waals surface area contributed by atoms with Crippen LogP contribution in [-0.2, 0) is 0 Å². The van der Waals surface area contributed by atoms with Gasteiger partial charge in [0, 0.05) is 0 Å². The third kappa shape index (κ3) is 1.57. The highest BCUT2D eigenvalue weighted by atomic mass is 32.1. The zero-order chi connectivity index (χ0) is 8.10. The average Bonchev–Trinajstić information content (AvgIpc) is 2.55. The van der Waals surface area contributed by atoms with Gasteiger partial charge in [0.1, 0.15) is 0 Å². The molecule has 0 bridgehead atoms. The topological polar surface area (TPSA) is 12.9 Å². The molecule has 54 valence electrons. The summed E-state index contributed by atoms with van der Waals surface area (Å²) >= 11 is 1.68. The summed E-state index contributed by atoms with van der Waals surface area (Å²) in [6.07, 6.45) is 8.00. The highest BCUT2D eigenvalue weighted by Gasteiger charge is 1.89. The first-order valence-electron chi connectivity index (χ1n) is 3.08. The summed E-state index contributed by atoms with van der Waals surface area (Å²) in [5.41, 5.74) is 2.97. The lowest BCUT2D eigenvalue weighted by atomic mass is 10.3. The molecular formula is C9H7NS. The van der Waals surface area contributed by atoms with E-state index < -0.39 is 0 Å². The first-order valence-corrected chi connectivity index (χ1v) is 3.96. The van der Waals surface area contributed by atoms with Gasteiger partial charge in [-0.05, 0) is 12.1 Å². The molecule has 1 nitrogen and oxygen atoms in total. The lowest BCUT2D eigenvalue weighted by molar-refractivity contribution is 1.50. The summed E-state index contributed by atoms with van der Waals surface area (Å²) < 4.78 is 1.26. The standard InChI is InChI=1S/C7H5NS.C2H2/c1-2-4-7-6(3-1)8-5-9-7;1-2/h1-5H;1-2H. The van der Waals surface area contributed by atoms with Gasteiger partial charge in [-0.25, -0.2) is 4.98 Å². The minimum absolute atomic E-state index is 1.10. The highest BCUT2D eigenvalue weighted by Crippen LogP contribution is 2.15. The van der Waals surface area contributed by atoms with Gasteiger partial charge < -0.3 is 0 Å². The molecule has 11 heavy (non-hydrogen) atoms. The van der Waals surface area contributed by atoms with Gasteiger partial charge in [-0.15, -0.1) is 24.2 Å². The molecule has 1 heterocycles. The third-order valence-electron chi connectivity index (χ3n) is 1.24. The molecule has 2 aromatic rings. The summed E-state index contributed by atoms with van der Waals surface area (Å²) in [4.78, 5) is 4.14. The van der Waals surface area contributed by atoms with E-state index in [1.165, 1.54) is 4.70 Å². The molecule has 0 spiro atoms. The number of fused-ring (bicyclic) bond motifs is 1. The molecule has 0 aliphatic heterocycles. The average molecular weight is 161 g/mol. The molecule has 0 fully saturated rings. The summed E-state index contributed by atoms with van der Waals surface area (Å²) in [5.74, 6) is 0. The zero-order valence-corrected chi connectivity index (χ0v) is 6.71. The fraction of sp³-hybridized carbons (Fsp3) is 0. The monoisotopic (exact) mass is 161 g/mol. The number of aromatic nitrogens is 1. The van der Waals surface area contributed by atoms with Crippen molar-refractivity contribution in [1.82, 2.24) is 4.98 Å². The maximum absolute atomic E-state index is 4.14. The van der Waals surface area contributed by atoms with Crippen molar-refractivity contribution in [2.75, 3.05) is 0 Å². The van der Waals surface area contributed by atoms with Gasteiger partial charge in [0.2, 0.25) is 0 Å². The van der Waals surface area contributed by atoms with Gasteiger partial charge in [-0.1, -0.05) is 12.1 Å². The molecule has 0 atom stereocenters. The Morgan fingerprint density at radius 1 is 1.18 bits per heavy atom. The summed E-state index contributed by atoms with van der Waals surface area (Å²) in [6, 6.07) is 8.13. The van der Waals surface area contributed by atoms with Crippen LogP contribution in [0.25, 0.3) is 10.2 Å². The Kier molecular flexibility index (Phi) is 2.65. The second-order valence-electron chi connectivity index (χ2n) is 1.82. The van der Waals surface area contributed by atoms with Crippen LogP contribution in [0, 0.1) is 12.8 Å². The number of benzene rings is 1. The number of hydrogen-bond acceptors (Lipinski definition) is 2. The van der Waals surface area contributed by atoms with Crippen molar-refractivity contribution < 1.29 is 0 Å². The van der Waals surface area contributed by atoms with Gasteiger partial charge in [0.05, 0.1) is 15.7 Å². The van der Waals surface area contributed by atoms with Crippen LogP contribution in [0.5, 0.6) is 0 Å². The van der Waals surface area contributed by atoms with Crippen molar-refractivity contribution in [2.45, 2.75) is 0 Å². The van der Waals surface area contributed by atoms with Gasteiger partial charge in [-0.3, -0.25) is 0 Å². The third-order valence-corrected chi connectivity index (χ3v) is 2.05. The predicted molar refractivity (Wildman–Crippen MR) is 49.5 cm³/mol. The maximum atomic E-state index is 4.14. The van der Waals surface area contributed by atoms with Crippen molar-refractivity contribution in [1.29, 1.82) is 0 Å². The van der Waals surface area contributed by atoms with Crippen molar-refractivity contribution in [3.63, 3.8) is 0 Å². The number of nitrogens with zero attached hydrogens (tertiary/aromatic N) is 1. The first kappa shape index (κ1) is 7.77. The van der Waals surface area contributed by atoms with E-state index in [1.807, 2.05) is 23.7 Å². The van der Waals surface area contributed by atoms with Gasteiger partial charge in [0.15, 0.2) is 0 Å². The largest absolute Gasteiger partial charge is 0.245 e. The second kappa shape index (κ2) is 3.75. The van der Waals surface area contributed by atoms with Crippen LogP contribution < -0.4 is 0 Å². The molecule has 0 aliphatic carbocycles. The fourth-order valence-electron chi connectivity index (χ4n) is 0.803. The van der Waals surface area contributed by atoms with Crippen LogP contribution >= 0.6 is 11.3 Å². The van der Waals surface area contributed by atoms with E-state index in [0.717, 1.165) is 5.52 Å². The second-order valence-corrected chi connectivity index (χ2v) is 2.71. The van der Waals surface area contributed by atoms with Gasteiger partial charge >= 0.3 is 0 Å². The number of para-hydroxylation sites is 1. The van der Waals surface area contributed by atoms with Crippen molar-refractivity contribution in [3.8, 4) is 12.8 Å². The molecule has 1 aromatic heterocycles. The Morgan fingerprint density at radius 2 is 1.91 bits per heavy atom. The van der Waals surface area contributed by atoms with Crippen LogP contribution in [-0.4, -0.2) is 4.98 Å². The van der Waals surface area contributed by atoms with Crippen LogP contribution in [0.2, 0.25) is 0 Å². The van der Waals surface area contributed by atoms with Crippen LogP contribution in [0.15, 0.2) is 29.8 Å². The molecule has 1 aromatic carbocycles. The van der Waals surface area contributed by atoms with Gasteiger partial charge in [-0.2, -0.15) is 0 Å². The fourth-order valence-corrected chi connectivity index (χ4v) is 1.48. The lowest BCUT2D eigenvalue weighted by Crippen LogP contribution is -1.61. The number of hydrogen-bond donors (Lipinski definition) is 0. The molecule has 0 unspecified atom stereocenters. The summed E-state index contributed by atoms with van der Waals surface area (Å²) in [7, 11) is 0. The lowest BCUT2D eigenvalue weighted by Gasteiger charge is -1.80. The minimum Gasteiger partial charge on any atom is -0.245 e. The predicted octanol–water partition coefficient (Wildman–Crippen LogP) is 2.55.